The molecular weight excluding hydrogens is 448 g/mol. The van der Waals surface area contributed by atoms with Gasteiger partial charge in [-0.2, -0.15) is 0 Å². The minimum Gasteiger partial charge on any atom is -0.497 e. The SMILES string of the molecule is COc1ccc(NC(=O)Cc2ccc(NC(=O)c3ccc(Br)cc3)cc2)c(OC)c1. The van der Waals surface area contributed by atoms with Gasteiger partial charge >= 0.3 is 0 Å². The van der Waals surface area contributed by atoms with Gasteiger partial charge in [0.25, 0.3) is 5.91 Å². The van der Waals surface area contributed by atoms with Crippen LogP contribution in [0.25, 0.3) is 0 Å². The monoisotopic (exact) mass is 468 g/mol. The molecule has 3 aromatic rings. The van der Waals surface area contributed by atoms with Crippen molar-refractivity contribution in [3.8, 4) is 11.5 Å². The van der Waals surface area contributed by atoms with E-state index in [0.29, 0.717) is 28.4 Å². The summed E-state index contributed by atoms with van der Waals surface area (Å²) in [5.41, 5.74) is 2.61. The Labute approximate surface area is 183 Å². The third-order valence-electron chi connectivity index (χ3n) is 4.37. The normalized spacial score (nSPS) is 10.2. The van der Waals surface area contributed by atoms with Gasteiger partial charge in [-0.05, 0) is 54.1 Å². The van der Waals surface area contributed by atoms with E-state index in [1.807, 2.05) is 24.3 Å². The van der Waals surface area contributed by atoms with Gasteiger partial charge in [-0.3, -0.25) is 9.59 Å². The number of anilines is 2. The highest BCUT2D eigenvalue weighted by atomic mass is 79.9. The first-order valence-electron chi connectivity index (χ1n) is 9.16. The zero-order valence-electron chi connectivity index (χ0n) is 16.6. The Kier molecular flexibility index (Phi) is 7.08. The van der Waals surface area contributed by atoms with Crippen LogP contribution in [0.3, 0.4) is 0 Å². The Balaban J connectivity index is 1.59. The fourth-order valence-electron chi connectivity index (χ4n) is 2.79. The molecule has 7 heteroatoms. The van der Waals surface area contributed by atoms with E-state index in [0.717, 1.165) is 10.0 Å². The van der Waals surface area contributed by atoms with E-state index in [2.05, 4.69) is 26.6 Å². The Bertz CT molecular complexity index is 1030. The van der Waals surface area contributed by atoms with E-state index in [-0.39, 0.29) is 18.2 Å². The number of benzene rings is 3. The van der Waals surface area contributed by atoms with Crippen LogP contribution in [-0.4, -0.2) is 26.0 Å². The molecule has 0 saturated heterocycles. The summed E-state index contributed by atoms with van der Waals surface area (Å²) < 4.78 is 11.4. The lowest BCUT2D eigenvalue weighted by Crippen LogP contribution is -2.15. The highest BCUT2D eigenvalue weighted by Gasteiger charge is 2.10. The van der Waals surface area contributed by atoms with Crippen molar-refractivity contribution in [1.29, 1.82) is 0 Å². The minimum absolute atomic E-state index is 0.176. The second-order valence-corrected chi connectivity index (χ2v) is 7.36. The van der Waals surface area contributed by atoms with Crippen LogP contribution < -0.4 is 20.1 Å². The van der Waals surface area contributed by atoms with E-state index in [4.69, 9.17) is 9.47 Å². The fourth-order valence-corrected chi connectivity index (χ4v) is 3.06. The van der Waals surface area contributed by atoms with Crippen molar-refractivity contribution in [1.82, 2.24) is 0 Å². The number of methoxy groups -OCH3 is 2. The lowest BCUT2D eigenvalue weighted by atomic mass is 10.1. The number of hydrogen-bond donors (Lipinski definition) is 2. The maximum Gasteiger partial charge on any atom is 0.255 e. The molecular formula is C23H21BrN2O4. The molecule has 2 amide bonds. The van der Waals surface area contributed by atoms with Crippen molar-refractivity contribution < 1.29 is 19.1 Å². The molecule has 0 bridgehead atoms. The summed E-state index contributed by atoms with van der Waals surface area (Å²) in [6.07, 6.45) is 0.191. The lowest BCUT2D eigenvalue weighted by Gasteiger charge is -2.12. The van der Waals surface area contributed by atoms with Crippen molar-refractivity contribution in [3.63, 3.8) is 0 Å². The van der Waals surface area contributed by atoms with Crippen molar-refractivity contribution in [2.24, 2.45) is 0 Å². The number of halogens is 1. The van der Waals surface area contributed by atoms with E-state index >= 15 is 0 Å². The summed E-state index contributed by atoms with van der Waals surface area (Å²) in [6.45, 7) is 0. The standard InChI is InChI=1S/C23H21BrN2O4/c1-29-19-11-12-20(21(14-19)30-2)26-22(27)13-15-3-9-18(10-4-15)25-23(28)16-5-7-17(24)8-6-16/h3-12,14H,13H2,1-2H3,(H,25,28)(H,26,27). The van der Waals surface area contributed by atoms with Crippen LogP contribution in [0, 0.1) is 0 Å². The molecule has 0 heterocycles. The Morgan fingerprint density at radius 3 is 2.20 bits per heavy atom. The van der Waals surface area contributed by atoms with Crippen LogP contribution >= 0.6 is 15.9 Å². The van der Waals surface area contributed by atoms with E-state index < -0.39 is 0 Å². The number of nitrogens with one attached hydrogen (secondary N) is 2. The number of amides is 2. The molecule has 30 heavy (non-hydrogen) atoms. The molecule has 2 N–H and O–H groups in total. The third-order valence-corrected chi connectivity index (χ3v) is 4.89. The van der Waals surface area contributed by atoms with Crippen LogP contribution in [0.4, 0.5) is 11.4 Å². The van der Waals surface area contributed by atoms with Gasteiger partial charge in [-0.15, -0.1) is 0 Å². The van der Waals surface area contributed by atoms with Gasteiger partial charge in [0.2, 0.25) is 5.91 Å². The average molecular weight is 469 g/mol. The molecule has 0 radical (unpaired) electrons. The maximum absolute atomic E-state index is 12.4. The number of carbonyl (C=O) groups excluding carboxylic acids is 2. The lowest BCUT2D eigenvalue weighted by molar-refractivity contribution is -0.115. The first-order valence-corrected chi connectivity index (χ1v) is 9.95. The van der Waals surface area contributed by atoms with Gasteiger partial charge < -0.3 is 20.1 Å². The Morgan fingerprint density at radius 1 is 0.867 bits per heavy atom. The molecule has 3 aromatic carbocycles. The van der Waals surface area contributed by atoms with E-state index in [1.54, 1.807) is 49.6 Å². The molecule has 0 unspecified atom stereocenters. The number of hydrogen-bond acceptors (Lipinski definition) is 4. The van der Waals surface area contributed by atoms with E-state index in [9.17, 15) is 9.59 Å². The second kappa shape index (κ2) is 9.93. The number of carbonyl (C=O) groups is 2. The summed E-state index contributed by atoms with van der Waals surface area (Å²) in [7, 11) is 3.10. The van der Waals surface area contributed by atoms with Crippen LogP contribution in [0.15, 0.2) is 71.2 Å². The molecule has 0 aliphatic rings. The highest BCUT2D eigenvalue weighted by Crippen LogP contribution is 2.29. The van der Waals surface area contributed by atoms with Gasteiger partial charge in [0.15, 0.2) is 0 Å². The molecule has 0 aliphatic carbocycles. The van der Waals surface area contributed by atoms with Crippen LogP contribution in [-0.2, 0) is 11.2 Å². The second-order valence-electron chi connectivity index (χ2n) is 6.45. The van der Waals surface area contributed by atoms with Crippen molar-refractivity contribution in [2.75, 3.05) is 24.9 Å². The third kappa shape index (κ3) is 5.61. The van der Waals surface area contributed by atoms with E-state index in [1.165, 1.54) is 7.11 Å². The largest absolute Gasteiger partial charge is 0.497 e. The predicted molar refractivity (Wildman–Crippen MR) is 120 cm³/mol. The molecule has 0 aromatic heterocycles. The molecule has 0 fully saturated rings. The van der Waals surface area contributed by atoms with Crippen LogP contribution in [0.2, 0.25) is 0 Å². The quantitative estimate of drug-likeness (QED) is 0.516. The summed E-state index contributed by atoms with van der Waals surface area (Å²) >= 11 is 3.35. The summed E-state index contributed by atoms with van der Waals surface area (Å²) in [5.74, 6) is 0.795. The number of ether oxygens (including phenoxy) is 2. The molecule has 0 saturated carbocycles. The Morgan fingerprint density at radius 2 is 1.57 bits per heavy atom. The molecule has 154 valence electrons. The van der Waals surface area contributed by atoms with Gasteiger partial charge in [-0.25, -0.2) is 0 Å². The first-order chi connectivity index (χ1) is 14.5. The van der Waals surface area contributed by atoms with Gasteiger partial charge in [0, 0.05) is 21.8 Å². The predicted octanol–water partition coefficient (Wildman–Crippen LogP) is 4.90. The first kappa shape index (κ1) is 21.4. The molecule has 0 spiro atoms. The molecule has 0 atom stereocenters. The zero-order chi connectivity index (χ0) is 21.5. The zero-order valence-corrected chi connectivity index (χ0v) is 18.2. The van der Waals surface area contributed by atoms with Crippen molar-refractivity contribution in [3.05, 3.63) is 82.3 Å². The summed E-state index contributed by atoms with van der Waals surface area (Å²) in [5, 5.41) is 5.68. The molecule has 3 rings (SSSR count). The van der Waals surface area contributed by atoms with Gasteiger partial charge in [0.05, 0.1) is 26.3 Å². The number of rotatable bonds is 7. The maximum atomic E-state index is 12.4. The fraction of sp³-hybridized carbons (Fsp3) is 0.130. The van der Waals surface area contributed by atoms with Gasteiger partial charge in [-0.1, -0.05) is 28.1 Å². The Hall–Kier alpha value is -3.32. The minimum atomic E-state index is -0.195. The average Bonchev–Trinajstić information content (AvgIpc) is 2.75. The van der Waals surface area contributed by atoms with Gasteiger partial charge in [0.1, 0.15) is 11.5 Å². The summed E-state index contributed by atoms with van der Waals surface area (Å²) in [4.78, 5) is 24.7. The van der Waals surface area contributed by atoms with Crippen LogP contribution in [0.1, 0.15) is 15.9 Å². The smallest absolute Gasteiger partial charge is 0.255 e. The molecule has 0 aliphatic heterocycles. The summed E-state index contributed by atoms with van der Waals surface area (Å²) in [6, 6.07) is 19.5. The van der Waals surface area contributed by atoms with Crippen molar-refractivity contribution in [2.45, 2.75) is 6.42 Å². The van der Waals surface area contributed by atoms with Crippen LogP contribution in [0.5, 0.6) is 11.5 Å². The van der Waals surface area contributed by atoms with Crippen molar-refractivity contribution >= 4 is 39.1 Å². The molecule has 6 nitrogen and oxygen atoms in total. The topological polar surface area (TPSA) is 76.7 Å². The highest BCUT2D eigenvalue weighted by molar-refractivity contribution is 9.10.